The molecule has 31 heavy (non-hydrogen) atoms. The van der Waals surface area contributed by atoms with E-state index in [-0.39, 0.29) is 5.91 Å². The lowest BCUT2D eigenvalue weighted by atomic mass is 10.1. The Morgan fingerprint density at radius 1 is 1.19 bits per heavy atom. The second kappa shape index (κ2) is 10.6. The zero-order chi connectivity index (χ0) is 22.4. The van der Waals surface area contributed by atoms with Crippen molar-refractivity contribution in [2.24, 2.45) is 0 Å². The van der Waals surface area contributed by atoms with Gasteiger partial charge < -0.3 is 15.0 Å². The largest absolute Gasteiger partial charge is 0.480 e. The van der Waals surface area contributed by atoms with Gasteiger partial charge in [-0.05, 0) is 48.9 Å². The highest BCUT2D eigenvalue weighted by molar-refractivity contribution is 7.09. The molecular formula is C24H31N3O3S. The second-order valence-corrected chi connectivity index (χ2v) is 8.87. The lowest BCUT2D eigenvalue weighted by Crippen LogP contribution is -2.40. The molecule has 166 valence electrons. The number of carboxylic acids is 1. The number of amides is 1. The number of unbranched alkanes of at least 4 members (excludes halogenated alkanes) is 1. The Hall–Kier alpha value is -2.67. The number of aromatic nitrogens is 2. The van der Waals surface area contributed by atoms with Gasteiger partial charge in [-0.2, -0.15) is 0 Å². The van der Waals surface area contributed by atoms with Crippen molar-refractivity contribution in [2.75, 3.05) is 0 Å². The number of imidazole rings is 1. The maximum Gasteiger partial charge on any atom is 0.326 e. The van der Waals surface area contributed by atoms with Gasteiger partial charge in [0.05, 0.1) is 11.0 Å². The summed E-state index contributed by atoms with van der Waals surface area (Å²) in [7, 11) is 0. The van der Waals surface area contributed by atoms with Crippen LogP contribution in [0.4, 0.5) is 0 Å². The number of carbonyl (C=O) groups excluding carboxylic acids is 1. The third kappa shape index (κ3) is 5.34. The molecule has 0 saturated carbocycles. The number of nitrogens with zero attached hydrogens (tertiary/aromatic N) is 2. The van der Waals surface area contributed by atoms with Gasteiger partial charge in [-0.25, -0.2) is 9.78 Å². The van der Waals surface area contributed by atoms with E-state index in [2.05, 4.69) is 35.2 Å². The zero-order valence-electron chi connectivity index (χ0n) is 18.4. The predicted octanol–water partition coefficient (Wildman–Crippen LogP) is 5.42. The fourth-order valence-electron chi connectivity index (χ4n) is 3.95. The van der Waals surface area contributed by atoms with Crippen LogP contribution in [0.2, 0.25) is 0 Å². The highest BCUT2D eigenvalue weighted by Crippen LogP contribution is 2.28. The van der Waals surface area contributed by atoms with Gasteiger partial charge in [0, 0.05) is 22.9 Å². The third-order valence-electron chi connectivity index (χ3n) is 5.69. The lowest BCUT2D eigenvalue weighted by Gasteiger charge is -2.19. The summed E-state index contributed by atoms with van der Waals surface area (Å²) in [5.74, 6) is -0.378. The van der Waals surface area contributed by atoms with Crippen LogP contribution >= 0.6 is 11.3 Å². The smallest absolute Gasteiger partial charge is 0.326 e. The van der Waals surface area contributed by atoms with Gasteiger partial charge in [0.2, 0.25) is 0 Å². The molecule has 7 heteroatoms. The Bertz CT molecular complexity index is 1020. The quantitative estimate of drug-likeness (QED) is 0.416. The standard InChI is InChI=1S/C24H31N3O3S/c1-4-7-10-19(24(29)30)26-23(28)16-11-12-21-20(14-16)25-22(15-18-9-8-13-31-18)27(21)17(5-2)6-3/h8-9,11-14,17,19H,4-7,10,15H2,1-3H3,(H,26,28)(H,29,30)/t19-/m0/s1. The van der Waals surface area contributed by atoms with Crippen LogP contribution < -0.4 is 5.32 Å². The molecular weight excluding hydrogens is 410 g/mol. The normalized spacial score (nSPS) is 12.4. The van der Waals surface area contributed by atoms with Gasteiger partial charge >= 0.3 is 5.97 Å². The minimum absolute atomic E-state index is 0.338. The SMILES string of the molecule is CCCC[C@H](NC(=O)c1ccc2c(c1)nc(Cc1cccs1)n2C(CC)CC)C(=O)O. The number of aliphatic carboxylic acids is 1. The molecule has 2 heterocycles. The van der Waals surface area contributed by atoms with E-state index >= 15 is 0 Å². The molecule has 0 spiro atoms. The molecule has 0 aliphatic carbocycles. The van der Waals surface area contributed by atoms with Crippen LogP contribution in [-0.2, 0) is 11.2 Å². The van der Waals surface area contributed by atoms with Crippen LogP contribution in [0.3, 0.4) is 0 Å². The molecule has 3 aromatic rings. The Labute approximate surface area is 187 Å². The Kier molecular flexibility index (Phi) is 7.85. The molecule has 0 unspecified atom stereocenters. The Morgan fingerprint density at radius 3 is 2.58 bits per heavy atom. The first-order valence-electron chi connectivity index (χ1n) is 11.0. The highest BCUT2D eigenvalue weighted by Gasteiger charge is 2.22. The van der Waals surface area contributed by atoms with Gasteiger partial charge in [-0.15, -0.1) is 11.3 Å². The van der Waals surface area contributed by atoms with Crippen molar-refractivity contribution < 1.29 is 14.7 Å². The first-order chi connectivity index (χ1) is 15.0. The van der Waals surface area contributed by atoms with E-state index in [4.69, 9.17) is 4.98 Å². The van der Waals surface area contributed by atoms with E-state index in [1.54, 1.807) is 23.5 Å². The maximum atomic E-state index is 12.8. The summed E-state index contributed by atoms with van der Waals surface area (Å²) in [6.45, 7) is 6.36. The van der Waals surface area contributed by atoms with E-state index in [1.165, 1.54) is 4.88 Å². The number of fused-ring (bicyclic) bond motifs is 1. The van der Waals surface area contributed by atoms with E-state index in [0.29, 0.717) is 18.0 Å². The molecule has 6 nitrogen and oxygen atoms in total. The fourth-order valence-corrected chi connectivity index (χ4v) is 4.65. The monoisotopic (exact) mass is 441 g/mol. The first-order valence-corrected chi connectivity index (χ1v) is 11.9. The zero-order valence-corrected chi connectivity index (χ0v) is 19.2. The molecule has 1 amide bonds. The van der Waals surface area contributed by atoms with Crippen LogP contribution in [0.5, 0.6) is 0 Å². The number of carbonyl (C=O) groups is 2. The van der Waals surface area contributed by atoms with E-state index in [1.807, 2.05) is 19.1 Å². The molecule has 0 fully saturated rings. The molecule has 0 aliphatic heterocycles. The van der Waals surface area contributed by atoms with E-state index < -0.39 is 12.0 Å². The summed E-state index contributed by atoms with van der Waals surface area (Å²) in [4.78, 5) is 30.4. The van der Waals surface area contributed by atoms with Crippen LogP contribution in [0.25, 0.3) is 11.0 Å². The predicted molar refractivity (Wildman–Crippen MR) is 125 cm³/mol. The van der Waals surface area contributed by atoms with Gasteiger partial charge in [0.1, 0.15) is 11.9 Å². The molecule has 0 aliphatic rings. The summed E-state index contributed by atoms with van der Waals surface area (Å²) in [5, 5.41) is 14.1. The van der Waals surface area contributed by atoms with Crippen LogP contribution in [0, 0.1) is 0 Å². The maximum absolute atomic E-state index is 12.8. The summed E-state index contributed by atoms with van der Waals surface area (Å²) in [5.41, 5.74) is 2.22. The van der Waals surface area contributed by atoms with Gasteiger partial charge in [-0.1, -0.05) is 39.7 Å². The van der Waals surface area contributed by atoms with Crippen molar-refractivity contribution in [1.29, 1.82) is 0 Å². The minimum Gasteiger partial charge on any atom is -0.480 e. The fraction of sp³-hybridized carbons (Fsp3) is 0.458. The number of nitrogens with one attached hydrogen (secondary N) is 1. The summed E-state index contributed by atoms with van der Waals surface area (Å²) < 4.78 is 2.30. The van der Waals surface area contributed by atoms with E-state index in [9.17, 15) is 14.7 Å². The molecule has 2 aromatic heterocycles. The lowest BCUT2D eigenvalue weighted by molar-refractivity contribution is -0.139. The van der Waals surface area contributed by atoms with Crippen LogP contribution in [-0.4, -0.2) is 32.6 Å². The molecule has 1 atom stereocenters. The van der Waals surface area contributed by atoms with Gasteiger partial charge in [0.15, 0.2) is 0 Å². The van der Waals surface area contributed by atoms with Crippen LogP contribution in [0.15, 0.2) is 35.7 Å². The number of benzene rings is 1. The molecule has 0 saturated heterocycles. The average molecular weight is 442 g/mol. The summed E-state index contributed by atoms with van der Waals surface area (Å²) >= 11 is 1.71. The van der Waals surface area contributed by atoms with Crippen molar-refractivity contribution >= 4 is 34.2 Å². The molecule has 3 rings (SSSR count). The number of hydrogen-bond acceptors (Lipinski definition) is 4. The summed E-state index contributed by atoms with van der Waals surface area (Å²) in [6.07, 6.45) is 4.81. The number of hydrogen-bond donors (Lipinski definition) is 2. The summed E-state index contributed by atoms with van der Waals surface area (Å²) in [6, 6.07) is 9.11. The highest BCUT2D eigenvalue weighted by atomic mass is 32.1. The van der Waals surface area contributed by atoms with Crippen molar-refractivity contribution in [1.82, 2.24) is 14.9 Å². The number of thiophene rings is 1. The number of carboxylic acid groups (broad SMARTS) is 1. The molecule has 2 N–H and O–H groups in total. The minimum atomic E-state index is -1.00. The van der Waals surface area contributed by atoms with Crippen molar-refractivity contribution in [2.45, 2.75) is 71.4 Å². The van der Waals surface area contributed by atoms with Gasteiger partial charge in [0.25, 0.3) is 5.91 Å². The van der Waals surface area contributed by atoms with E-state index in [0.717, 1.165) is 49.0 Å². The van der Waals surface area contributed by atoms with Crippen molar-refractivity contribution in [3.63, 3.8) is 0 Å². The Morgan fingerprint density at radius 2 is 1.97 bits per heavy atom. The third-order valence-corrected chi connectivity index (χ3v) is 6.57. The van der Waals surface area contributed by atoms with Crippen molar-refractivity contribution in [3.8, 4) is 0 Å². The molecule has 0 radical (unpaired) electrons. The Balaban J connectivity index is 1.94. The average Bonchev–Trinajstić information content (AvgIpc) is 3.39. The first kappa shape index (κ1) is 23.0. The van der Waals surface area contributed by atoms with Gasteiger partial charge in [-0.3, -0.25) is 4.79 Å². The number of rotatable bonds is 11. The topological polar surface area (TPSA) is 84.2 Å². The molecule has 0 bridgehead atoms. The second-order valence-electron chi connectivity index (χ2n) is 7.83. The molecule has 1 aromatic carbocycles. The van der Waals surface area contributed by atoms with Crippen molar-refractivity contribution in [3.05, 3.63) is 52.0 Å². The van der Waals surface area contributed by atoms with Crippen LogP contribution in [0.1, 0.15) is 80.0 Å².